The highest BCUT2D eigenvalue weighted by Crippen LogP contribution is 2.45. The van der Waals surface area contributed by atoms with Crippen molar-refractivity contribution in [3.8, 4) is 0 Å². The molecule has 180 valence electrons. The number of nitrogens with one attached hydrogen (secondary N) is 2. The monoisotopic (exact) mass is 480 g/mol. The number of carbonyl (C=O) groups is 2. The van der Waals surface area contributed by atoms with E-state index in [2.05, 4.69) is 10.9 Å². The number of allylic oxidation sites excluding steroid dienone is 1. The lowest BCUT2D eigenvalue weighted by atomic mass is 10.0. The predicted octanol–water partition coefficient (Wildman–Crippen LogP) is 5.25. The number of hydrazine groups is 1. The van der Waals surface area contributed by atoms with Crippen molar-refractivity contribution in [1.29, 1.82) is 0 Å². The Labute approximate surface area is 200 Å². The number of halogens is 3. The molecular formula is C26H23F3N4O2. The Morgan fingerprint density at radius 2 is 1.54 bits per heavy atom. The normalized spacial score (nSPS) is 14.6. The summed E-state index contributed by atoms with van der Waals surface area (Å²) in [6.45, 7) is 5.27. The molecule has 0 aliphatic carbocycles. The van der Waals surface area contributed by atoms with Gasteiger partial charge in [0.2, 0.25) is 0 Å². The molecule has 0 saturated heterocycles. The molecule has 0 fully saturated rings. The van der Waals surface area contributed by atoms with Crippen LogP contribution < -0.4 is 21.5 Å². The van der Waals surface area contributed by atoms with Crippen LogP contribution in [-0.2, 0) is 11.0 Å². The van der Waals surface area contributed by atoms with Crippen LogP contribution in [0, 0.1) is 13.8 Å². The van der Waals surface area contributed by atoms with Gasteiger partial charge >= 0.3 is 6.18 Å². The van der Waals surface area contributed by atoms with Crippen molar-refractivity contribution in [1.82, 2.24) is 10.9 Å². The number of benzene rings is 3. The van der Waals surface area contributed by atoms with E-state index >= 15 is 0 Å². The van der Waals surface area contributed by atoms with Gasteiger partial charge < -0.3 is 11.2 Å². The second-order valence-electron chi connectivity index (χ2n) is 8.42. The highest BCUT2D eigenvalue weighted by molar-refractivity contribution is 6.35. The van der Waals surface area contributed by atoms with Gasteiger partial charge in [0.05, 0.1) is 16.8 Å². The number of fused-ring (bicyclic) bond motifs is 1. The number of carbonyl (C=O) groups excluding carboxylic acids is 2. The first kappa shape index (κ1) is 23.9. The summed E-state index contributed by atoms with van der Waals surface area (Å²) in [5.74, 6) is -0.967. The van der Waals surface area contributed by atoms with E-state index in [0.29, 0.717) is 22.5 Å². The first-order valence-corrected chi connectivity index (χ1v) is 10.7. The van der Waals surface area contributed by atoms with Gasteiger partial charge in [-0.15, -0.1) is 0 Å². The van der Waals surface area contributed by atoms with Gasteiger partial charge in [0.25, 0.3) is 11.8 Å². The number of hydrogen-bond donors (Lipinski definition) is 3. The fourth-order valence-electron chi connectivity index (χ4n) is 4.06. The Bertz CT molecular complexity index is 1340. The molecule has 0 bridgehead atoms. The van der Waals surface area contributed by atoms with E-state index in [-0.39, 0.29) is 17.0 Å². The average Bonchev–Trinajstić information content (AvgIpc) is 3.07. The molecule has 4 rings (SSSR count). The largest absolute Gasteiger partial charge is 0.416 e. The lowest BCUT2D eigenvalue weighted by Gasteiger charge is -2.20. The molecule has 2 amide bonds. The molecule has 35 heavy (non-hydrogen) atoms. The summed E-state index contributed by atoms with van der Waals surface area (Å²) in [6.07, 6.45) is -4.57. The fourth-order valence-corrected chi connectivity index (χ4v) is 4.06. The minimum Gasteiger partial charge on any atom is -0.399 e. The van der Waals surface area contributed by atoms with Crippen molar-refractivity contribution in [2.24, 2.45) is 0 Å². The number of alkyl halides is 3. The zero-order chi connectivity index (χ0) is 25.5. The molecule has 1 aliphatic heterocycles. The van der Waals surface area contributed by atoms with E-state index in [9.17, 15) is 22.8 Å². The van der Waals surface area contributed by atoms with Crippen LogP contribution in [0.25, 0.3) is 5.57 Å². The van der Waals surface area contributed by atoms with E-state index in [1.54, 1.807) is 43.3 Å². The number of nitrogen functional groups attached to an aromatic ring is 1. The van der Waals surface area contributed by atoms with E-state index in [1.807, 2.05) is 19.9 Å². The third-order valence-corrected chi connectivity index (χ3v) is 5.63. The third kappa shape index (κ3) is 4.70. The van der Waals surface area contributed by atoms with Crippen molar-refractivity contribution in [2.45, 2.75) is 26.9 Å². The SMILES string of the molecule is C/C(NNC(=O)c1ccc(N)cc1)=C1/C(=O)N(c2cc(C)cc(C)c2)c2cc(C(F)(F)F)ccc21. The van der Waals surface area contributed by atoms with Crippen LogP contribution >= 0.6 is 0 Å². The van der Waals surface area contributed by atoms with Crippen molar-refractivity contribution in [3.63, 3.8) is 0 Å². The van der Waals surface area contributed by atoms with E-state index < -0.39 is 23.6 Å². The maximum atomic E-state index is 13.6. The summed E-state index contributed by atoms with van der Waals surface area (Å²) in [7, 11) is 0. The minimum atomic E-state index is -4.57. The van der Waals surface area contributed by atoms with Gasteiger partial charge in [-0.05, 0) is 80.4 Å². The maximum absolute atomic E-state index is 13.6. The van der Waals surface area contributed by atoms with Crippen molar-refractivity contribution < 1.29 is 22.8 Å². The number of nitrogens with two attached hydrogens (primary N) is 1. The van der Waals surface area contributed by atoms with Crippen LogP contribution in [-0.4, -0.2) is 11.8 Å². The highest BCUT2D eigenvalue weighted by atomic mass is 19.4. The number of anilines is 3. The molecule has 0 aromatic heterocycles. The van der Waals surface area contributed by atoms with Gasteiger partial charge in [-0.1, -0.05) is 12.1 Å². The molecule has 0 unspecified atom stereocenters. The molecule has 3 aromatic carbocycles. The Morgan fingerprint density at radius 3 is 2.14 bits per heavy atom. The average molecular weight is 480 g/mol. The zero-order valence-electron chi connectivity index (χ0n) is 19.2. The molecule has 1 heterocycles. The fraction of sp³-hybridized carbons (Fsp3) is 0.154. The number of amides is 2. The molecule has 4 N–H and O–H groups in total. The number of nitrogens with zero attached hydrogens (tertiary/aromatic N) is 1. The smallest absolute Gasteiger partial charge is 0.399 e. The summed E-state index contributed by atoms with van der Waals surface area (Å²) < 4.78 is 40.4. The summed E-state index contributed by atoms with van der Waals surface area (Å²) in [5, 5.41) is 0. The Kier molecular flexibility index (Phi) is 6.02. The second kappa shape index (κ2) is 8.83. The summed E-state index contributed by atoms with van der Waals surface area (Å²) in [4.78, 5) is 27.3. The summed E-state index contributed by atoms with van der Waals surface area (Å²) in [5.41, 5.74) is 14.0. The van der Waals surface area contributed by atoms with Gasteiger partial charge in [0, 0.05) is 28.2 Å². The first-order valence-electron chi connectivity index (χ1n) is 10.7. The van der Waals surface area contributed by atoms with E-state index in [0.717, 1.165) is 23.3 Å². The number of hydrogen-bond acceptors (Lipinski definition) is 4. The van der Waals surface area contributed by atoms with Crippen LogP contribution in [0.15, 0.2) is 66.4 Å². The Morgan fingerprint density at radius 1 is 0.914 bits per heavy atom. The van der Waals surface area contributed by atoms with E-state index in [1.165, 1.54) is 11.0 Å². The summed E-state index contributed by atoms with van der Waals surface area (Å²) >= 11 is 0. The first-order chi connectivity index (χ1) is 16.5. The van der Waals surface area contributed by atoms with Crippen LogP contribution in [0.5, 0.6) is 0 Å². The van der Waals surface area contributed by atoms with Crippen molar-refractivity contribution in [3.05, 3.63) is 94.2 Å². The lowest BCUT2D eigenvalue weighted by Crippen LogP contribution is -2.37. The van der Waals surface area contributed by atoms with Gasteiger partial charge in [-0.2, -0.15) is 13.2 Å². The number of rotatable bonds is 4. The Balaban J connectivity index is 1.75. The standard InChI is InChI=1S/C26H23F3N4O2/c1-14-10-15(2)12-20(11-14)33-22-13-18(26(27,28)29)6-9-21(22)23(25(33)35)16(3)31-32-24(34)17-4-7-19(30)8-5-17/h4-13,31H,30H2,1-3H3,(H,32,34)/b23-16-. The second-order valence-corrected chi connectivity index (χ2v) is 8.42. The van der Waals surface area contributed by atoms with Crippen molar-refractivity contribution >= 4 is 34.4 Å². The van der Waals surface area contributed by atoms with Gasteiger partial charge in [0.15, 0.2) is 0 Å². The van der Waals surface area contributed by atoms with Gasteiger partial charge in [0.1, 0.15) is 0 Å². The number of aryl methyl sites for hydroxylation is 2. The van der Waals surface area contributed by atoms with Crippen LogP contribution in [0.4, 0.5) is 30.2 Å². The molecule has 0 atom stereocenters. The molecule has 3 aromatic rings. The third-order valence-electron chi connectivity index (χ3n) is 5.63. The topological polar surface area (TPSA) is 87.5 Å². The molecule has 0 saturated carbocycles. The zero-order valence-corrected chi connectivity index (χ0v) is 19.2. The quantitative estimate of drug-likeness (QED) is 0.271. The van der Waals surface area contributed by atoms with Crippen LogP contribution in [0.2, 0.25) is 0 Å². The van der Waals surface area contributed by atoms with E-state index in [4.69, 9.17) is 5.73 Å². The predicted molar refractivity (Wildman–Crippen MR) is 129 cm³/mol. The van der Waals surface area contributed by atoms with Crippen molar-refractivity contribution in [2.75, 3.05) is 10.6 Å². The van der Waals surface area contributed by atoms with Gasteiger partial charge in [-0.25, -0.2) is 0 Å². The summed E-state index contributed by atoms with van der Waals surface area (Å²) in [6, 6.07) is 14.8. The molecule has 1 aliphatic rings. The highest BCUT2D eigenvalue weighted by Gasteiger charge is 2.39. The molecule has 9 heteroatoms. The minimum absolute atomic E-state index is 0.121. The van der Waals surface area contributed by atoms with Crippen LogP contribution in [0.1, 0.15) is 39.5 Å². The van der Waals surface area contributed by atoms with Crippen LogP contribution in [0.3, 0.4) is 0 Å². The Hall–Kier alpha value is -4.27. The molecule has 0 spiro atoms. The molecule has 6 nitrogen and oxygen atoms in total. The lowest BCUT2D eigenvalue weighted by molar-refractivity contribution is -0.137. The molecular weight excluding hydrogens is 457 g/mol. The molecule has 0 radical (unpaired) electrons. The maximum Gasteiger partial charge on any atom is 0.416 e. The van der Waals surface area contributed by atoms with Gasteiger partial charge in [-0.3, -0.25) is 19.9 Å².